The lowest BCUT2D eigenvalue weighted by atomic mass is 10.1. The quantitative estimate of drug-likeness (QED) is 0.374. The van der Waals surface area contributed by atoms with Crippen LogP contribution in [0.1, 0.15) is 11.8 Å². The van der Waals surface area contributed by atoms with Crippen LogP contribution in [0, 0.1) is 0 Å². The Bertz CT molecular complexity index is 999. The molecule has 0 spiro atoms. The number of hydrogen-bond acceptors (Lipinski definition) is 9. The van der Waals surface area contributed by atoms with Gasteiger partial charge in [-0.3, -0.25) is 4.57 Å². The Morgan fingerprint density at radius 3 is 2.75 bits per heavy atom. The highest BCUT2D eigenvalue weighted by atomic mass is 79.9. The second-order valence-electron chi connectivity index (χ2n) is 6.40. The van der Waals surface area contributed by atoms with Gasteiger partial charge in [-0.15, -0.1) is 0 Å². The number of rotatable bonds is 5. The number of aromatic hydroxyl groups is 1. The van der Waals surface area contributed by atoms with Crippen molar-refractivity contribution in [3.05, 3.63) is 40.9 Å². The first kappa shape index (κ1) is 19.0. The highest BCUT2D eigenvalue weighted by Gasteiger charge is 2.44. The van der Waals surface area contributed by atoms with E-state index in [4.69, 9.17) is 4.74 Å². The molecule has 3 heterocycles. The van der Waals surface area contributed by atoms with Gasteiger partial charge in [0.05, 0.1) is 12.9 Å². The number of imidazole rings is 1. The Kier molecular flexibility index (Phi) is 5.17. The normalized spacial score (nSPS) is 24.7. The van der Waals surface area contributed by atoms with E-state index in [1.807, 2.05) is 0 Å². The Hall–Kier alpha value is -2.31. The Labute approximate surface area is 167 Å². The predicted molar refractivity (Wildman–Crippen MR) is 101 cm³/mol. The van der Waals surface area contributed by atoms with Gasteiger partial charge in [0.1, 0.15) is 30.4 Å². The summed E-state index contributed by atoms with van der Waals surface area (Å²) in [4.78, 5) is 12.7. The van der Waals surface area contributed by atoms with Crippen LogP contribution in [0.3, 0.4) is 0 Å². The molecule has 1 aliphatic heterocycles. The molecule has 0 amide bonds. The van der Waals surface area contributed by atoms with E-state index >= 15 is 0 Å². The largest absolute Gasteiger partial charge is 0.508 e. The van der Waals surface area contributed by atoms with Crippen LogP contribution in [-0.2, 0) is 11.3 Å². The molecular formula is C17H18BrN5O5. The molecule has 1 saturated heterocycles. The summed E-state index contributed by atoms with van der Waals surface area (Å²) in [5.74, 6) is 0.591. The van der Waals surface area contributed by atoms with E-state index in [9.17, 15) is 20.4 Å². The van der Waals surface area contributed by atoms with E-state index in [0.717, 1.165) is 4.47 Å². The number of fused-ring (bicyclic) bond motifs is 1. The number of nitrogens with zero attached hydrogens (tertiary/aromatic N) is 4. The topological polar surface area (TPSA) is 146 Å². The van der Waals surface area contributed by atoms with E-state index < -0.39 is 31.1 Å². The fourth-order valence-corrected chi connectivity index (χ4v) is 3.56. The number of hydrogen-bond donors (Lipinski definition) is 5. The lowest BCUT2D eigenvalue weighted by molar-refractivity contribution is -0.0511. The van der Waals surface area contributed by atoms with Gasteiger partial charge in [0.2, 0.25) is 0 Å². The SMILES string of the molecule is OC[C@H]1OC(n2cnc3c(NCc4cc(Br)ccc4O)ncnc32)[C@H](O)[C@@H]1O. The lowest BCUT2D eigenvalue weighted by Gasteiger charge is -2.16. The number of phenols is 1. The minimum Gasteiger partial charge on any atom is -0.508 e. The summed E-state index contributed by atoms with van der Waals surface area (Å²) in [5, 5.41) is 42.6. The summed E-state index contributed by atoms with van der Waals surface area (Å²) < 4.78 is 7.86. The molecule has 5 N–H and O–H groups in total. The Balaban J connectivity index is 1.61. The Morgan fingerprint density at radius 1 is 1.18 bits per heavy atom. The minimum absolute atomic E-state index is 0.151. The molecule has 0 aliphatic carbocycles. The summed E-state index contributed by atoms with van der Waals surface area (Å²) in [7, 11) is 0. The van der Waals surface area contributed by atoms with Gasteiger partial charge in [0, 0.05) is 16.6 Å². The molecule has 1 fully saturated rings. The van der Waals surface area contributed by atoms with E-state index in [1.165, 1.54) is 17.2 Å². The summed E-state index contributed by atoms with van der Waals surface area (Å²) >= 11 is 3.37. The first-order valence-electron chi connectivity index (χ1n) is 8.51. The van der Waals surface area contributed by atoms with Gasteiger partial charge in [-0.1, -0.05) is 15.9 Å². The van der Waals surface area contributed by atoms with Crippen molar-refractivity contribution in [2.24, 2.45) is 0 Å². The third-order valence-corrected chi connectivity index (χ3v) is 5.13. The molecule has 28 heavy (non-hydrogen) atoms. The number of aliphatic hydroxyl groups is 3. The number of halogens is 1. The summed E-state index contributed by atoms with van der Waals surface area (Å²) in [6.45, 7) is -0.114. The van der Waals surface area contributed by atoms with Crippen LogP contribution in [0.15, 0.2) is 35.3 Å². The van der Waals surface area contributed by atoms with Gasteiger partial charge in [-0.2, -0.15) is 0 Å². The fourth-order valence-electron chi connectivity index (χ4n) is 3.15. The lowest BCUT2D eigenvalue weighted by Crippen LogP contribution is -2.33. The maximum absolute atomic E-state index is 10.2. The van der Waals surface area contributed by atoms with Crippen LogP contribution in [0.4, 0.5) is 5.82 Å². The number of benzene rings is 1. The summed E-state index contributed by atoms with van der Waals surface area (Å²) in [5.41, 5.74) is 1.50. The average molecular weight is 452 g/mol. The van der Waals surface area contributed by atoms with Gasteiger partial charge in [-0.25, -0.2) is 15.0 Å². The zero-order valence-electron chi connectivity index (χ0n) is 14.5. The molecule has 1 unspecified atom stereocenters. The zero-order chi connectivity index (χ0) is 19.8. The van der Waals surface area contributed by atoms with Crippen molar-refractivity contribution >= 4 is 32.9 Å². The average Bonchev–Trinajstić information content (AvgIpc) is 3.24. The summed E-state index contributed by atoms with van der Waals surface area (Å²) in [6.07, 6.45) is -1.51. The van der Waals surface area contributed by atoms with Crippen molar-refractivity contribution in [2.45, 2.75) is 31.1 Å². The van der Waals surface area contributed by atoms with E-state index in [2.05, 4.69) is 36.2 Å². The number of aliphatic hydroxyl groups excluding tert-OH is 3. The van der Waals surface area contributed by atoms with Crippen LogP contribution >= 0.6 is 15.9 Å². The minimum atomic E-state index is -1.24. The zero-order valence-corrected chi connectivity index (χ0v) is 16.1. The molecule has 3 aromatic rings. The van der Waals surface area contributed by atoms with Crippen molar-refractivity contribution in [3.63, 3.8) is 0 Å². The van der Waals surface area contributed by atoms with E-state index in [-0.39, 0.29) is 5.75 Å². The Morgan fingerprint density at radius 2 is 2.00 bits per heavy atom. The second kappa shape index (κ2) is 7.60. The molecule has 10 nitrogen and oxygen atoms in total. The van der Waals surface area contributed by atoms with Crippen molar-refractivity contribution in [2.75, 3.05) is 11.9 Å². The maximum atomic E-state index is 10.2. The molecule has 2 aromatic heterocycles. The molecule has 11 heteroatoms. The predicted octanol–water partition coefficient (Wildman–Crippen LogP) is 0.518. The standard InChI is InChI=1S/C17H18BrN5O5/c18-9-1-2-10(25)8(3-9)4-19-15-12-16(21-6-20-15)23(7-22-12)17-14(27)13(26)11(5-24)28-17/h1-3,6-7,11,13-14,17,24-27H,4-5H2,(H,19,20,21)/t11-,13-,14-,17?/m1/s1. The van der Waals surface area contributed by atoms with E-state index in [1.54, 1.807) is 18.2 Å². The van der Waals surface area contributed by atoms with Gasteiger partial charge < -0.3 is 30.5 Å². The van der Waals surface area contributed by atoms with Gasteiger partial charge in [0.25, 0.3) is 0 Å². The third kappa shape index (κ3) is 3.31. The monoisotopic (exact) mass is 451 g/mol. The highest BCUT2D eigenvalue weighted by Crippen LogP contribution is 2.32. The smallest absolute Gasteiger partial charge is 0.167 e. The second-order valence-corrected chi connectivity index (χ2v) is 7.32. The molecule has 1 aromatic carbocycles. The third-order valence-electron chi connectivity index (χ3n) is 4.64. The number of phenolic OH excluding ortho intramolecular Hbond substituents is 1. The number of anilines is 1. The highest BCUT2D eigenvalue weighted by molar-refractivity contribution is 9.10. The number of ether oxygens (including phenoxy) is 1. The van der Waals surface area contributed by atoms with Crippen molar-refractivity contribution < 1.29 is 25.2 Å². The van der Waals surface area contributed by atoms with E-state index in [0.29, 0.717) is 29.1 Å². The number of aromatic nitrogens is 4. The molecule has 4 atom stereocenters. The molecule has 4 rings (SSSR count). The molecule has 148 valence electrons. The maximum Gasteiger partial charge on any atom is 0.167 e. The van der Waals surface area contributed by atoms with Crippen LogP contribution in [0.2, 0.25) is 0 Å². The molecular weight excluding hydrogens is 434 g/mol. The molecule has 1 aliphatic rings. The van der Waals surface area contributed by atoms with Crippen LogP contribution in [0.25, 0.3) is 11.2 Å². The first-order chi connectivity index (χ1) is 13.5. The first-order valence-corrected chi connectivity index (χ1v) is 9.30. The van der Waals surface area contributed by atoms with Crippen molar-refractivity contribution in [1.29, 1.82) is 0 Å². The van der Waals surface area contributed by atoms with Crippen LogP contribution < -0.4 is 5.32 Å². The van der Waals surface area contributed by atoms with Crippen LogP contribution in [-0.4, -0.2) is 64.9 Å². The van der Waals surface area contributed by atoms with Crippen molar-refractivity contribution in [3.8, 4) is 5.75 Å². The summed E-state index contributed by atoms with van der Waals surface area (Å²) in [6, 6.07) is 5.12. The van der Waals surface area contributed by atoms with Gasteiger partial charge >= 0.3 is 0 Å². The molecule has 0 bridgehead atoms. The fraction of sp³-hybridized carbons (Fsp3) is 0.353. The molecule has 0 saturated carbocycles. The van der Waals surface area contributed by atoms with Gasteiger partial charge in [0.15, 0.2) is 23.2 Å². The van der Waals surface area contributed by atoms with Crippen LogP contribution in [0.5, 0.6) is 5.75 Å². The van der Waals surface area contributed by atoms with Crippen molar-refractivity contribution in [1.82, 2.24) is 19.5 Å². The molecule has 0 radical (unpaired) electrons. The number of nitrogens with one attached hydrogen (secondary N) is 1. The van der Waals surface area contributed by atoms with Gasteiger partial charge in [-0.05, 0) is 18.2 Å².